The maximum Gasteiger partial charge on any atom is 0.224 e. The van der Waals surface area contributed by atoms with Crippen LogP contribution in [-0.2, 0) is 11.3 Å². The van der Waals surface area contributed by atoms with E-state index in [4.69, 9.17) is 0 Å². The monoisotopic (exact) mass is 398 g/mol. The van der Waals surface area contributed by atoms with Gasteiger partial charge in [-0.3, -0.25) is 9.69 Å². The van der Waals surface area contributed by atoms with Crippen molar-refractivity contribution in [2.24, 2.45) is 11.8 Å². The highest BCUT2D eigenvalue weighted by Gasteiger charge is 2.33. The van der Waals surface area contributed by atoms with Crippen molar-refractivity contribution in [3.8, 4) is 0 Å². The summed E-state index contributed by atoms with van der Waals surface area (Å²) in [7, 11) is 0. The smallest absolute Gasteiger partial charge is 0.224 e. The lowest BCUT2D eigenvalue weighted by molar-refractivity contribution is -0.127. The Hall–Kier alpha value is -2.27. The van der Waals surface area contributed by atoms with Crippen LogP contribution in [0, 0.1) is 30.4 Å². The summed E-state index contributed by atoms with van der Waals surface area (Å²) in [6.07, 6.45) is 3.18. The van der Waals surface area contributed by atoms with Crippen LogP contribution in [0.25, 0.3) is 0 Å². The van der Waals surface area contributed by atoms with Gasteiger partial charge in [0.05, 0.1) is 5.92 Å². The Bertz CT molecular complexity index is 864. The average molecular weight is 398 g/mol. The van der Waals surface area contributed by atoms with E-state index < -0.39 is 0 Å². The summed E-state index contributed by atoms with van der Waals surface area (Å²) in [4.78, 5) is 15.1. The first kappa shape index (κ1) is 20.0. The van der Waals surface area contributed by atoms with Gasteiger partial charge in [0.2, 0.25) is 5.91 Å². The molecule has 2 fully saturated rings. The van der Waals surface area contributed by atoms with E-state index >= 15 is 0 Å². The van der Waals surface area contributed by atoms with Crippen molar-refractivity contribution >= 4 is 5.91 Å². The minimum atomic E-state index is -0.246. The molecule has 1 aliphatic carbocycles. The standard InChI is InChI=1S/C24H28F2N2O/c1-16-10-19(6-9-23(16)26)20-11-21(24(29)27-12-17-2-3-17)15-28(14-20)13-18-4-7-22(25)8-5-18/h4-10,17,20-21H,2-3,11-15H2,1H3,(H,27,29). The van der Waals surface area contributed by atoms with Crippen molar-refractivity contribution in [2.75, 3.05) is 19.6 Å². The Balaban J connectivity index is 1.50. The molecule has 1 heterocycles. The molecule has 1 amide bonds. The maximum absolute atomic E-state index is 13.7. The number of hydrogen-bond donors (Lipinski definition) is 1. The number of likely N-dealkylation sites (tertiary alicyclic amines) is 1. The largest absolute Gasteiger partial charge is 0.356 e. The second-order valence-corrected chi connectivity index (χ2v) is 8.65. The molecule has 1 saturated carbocycles. The lowest BCUT2D eigenvalue weighted by Gasteiger charge is -2.37. The highest BCUT2D eigenvalue weighted by atomic mass is 19.1. The molecule has 29 heavy (non-hydrogen) atoms. The van der Waals surface area contributed by atoms with Gasteiger partial charge in [0.25, 0.3) is 0 Å². The average Bonchev–Trinajstić information content (AvgIpc) is 3.54. The topological polar surface area (TPSA) is 32.3 Å². The number of carbonyl (C=O) groups is 1. The molecule has 1 saturated heterocycles. The molecule has 0 radical (unpaired) electrons. The van der Waals surface area contributed by atoms with Crippen molar-refractivity contribution in [1.82, 2.24) is 10.2 Å². The van der Waals surface area contributed by atoms with E-state index in [1.807, 2.05) is 12.1 Å². The molecular formula is C24H28F2N2O. The van der Waals surface area contributed by atoms with Gasteiger partial charge in [-0.25, -0.2) is 8.78 Å². The van der Waals surface area contributed by atoms with Crippen LogP contribution < -0.4 is 5.32 Å². The van der Waals surface area contributed by atoms with E-state index in [1.54, 1.807) is 19.1 Å². The SMILES string of the molecule is Cc1cc(C2CC(C(=O)NCC3CC3)CN(Cc3ccc(F)cc3)C2)ccc1F. The van der Waals surface area contributed by atoms with Gasteiger partial charge in [-0.15, -0.1) is 0 Å². The van der Waals surface area contributed by atoms with E-state index in [0.29, 0.717) is 24.6 Å². The highest BCUT2D eigenvalue weighted by molar-refractivity contribution is 5.79. The van der Waals surface area contributed by atoms with E-state index in [1.165, 1.54) is 31.0 Å². The van der Waals surface area contributed by atoms with Crippen LogP contribution in [0.5, 0.6) is 0 Å². The number of hydrogen-bond acceptors (Lipinski definition) is 2. The molecule has 2 aromatic rings. The number of aryl methyl sites for hydroxylation is 1. The van der Waals surface area contributed by atoms with Crippen LogP contribution in [0.15, 0.2) is 42.5 Å². The van der Waals surface area contributed by atoms with Crippen molar-refractivity contribution in [2.45, 2.75) is 38.6 Å². The summed E-state index contributed by atoms with van der Waals surface area (Å²) < 4.78 is 27.0. The normalized spacial score (nSPS) is 22.4. The number of nitrogens with zero attached hydrogens (tertiary/aromatic N) is 1. The van der Waals surface area contributed by atoms with E-state index in [-0.39, 0.29) is 29.4 Å². The minimum Gasteiger partial charge on any atom is -0.356 e. The van der Waals surface area contributed by atoms with Crippen molar-refractivity contribution < 1.29 is 13.6 Å². The molecule has 2 unspecified atom stereocenters. The molecule has 3 nitrogen and oxygen atoms in total. The van der Waals surface area contributed by atoms with Crippen molar-refractivity contribution in [3.63, 3.8) is 0 Å². The third-order valence-electron chi connectivity index (χ3n) is 6.13. The Labute approximate surface area is 171 Å². The molecular weight excluding hydrogens is 370 g/mol. The number of carbonyl (C=O) groups excluding carboxylic acids is 1. The lowest BCUT2D eigenvalue weighted by Crippen LogP contribution is -2.45. The third kappa shape index (κ3) is 5.21. The van der Waals surface area contributed by atoms with E-state index in [0.717, 1.165) is 30.6 Å². The van der Waals surface area contributed by atoms with Crippen LogP contribution in [0.3, 0.4) is 0 Å². The van der Waals surface area contributed by atoms with Crippen LogP contribution in [0.4, 0.5) is 8.78 Å². The predicted octanol–water partition coefficient (Wildman–Crippen LogP) is 4.41. The fourth-order valence-electron chi connectivity index (χ4n) is 4.23. The van der Waals surface area contributed by atoms with E-state index in [9.17, 15) is 13.6 Å². The summed E-state index contributed by atoms with van der Waals surface area (Å²) in [6.45, 7) is 4.70. The summed E-state index contributed by atoms with van der Waals surface area (Å²) >= 11 is 0. The Morgan fingerprint density at radius 1 is 1.10 bits per heavy atom. The minimum absolute atomic E-state index is 0.0988. The van der Waals surface area contributed by atoms with Crippen LogP contribution >= 0.6 is 0 Å². The number of benzene rings is 2. The van der Waals surface area contributed by atoms with Gasteiger partial charge in [0, 0.05) is 26.2 Å². The molecule has 2 aliphatic rings. The Kier molecular flexibility index (Phi) is 5.95. The second-order valence-electron chi connectivity index (χ2n) is 8.65. The summed E-state index contributed by atoms with van der Waals surface area (Å²) in [5.74, 6) is 0.382. The molecule has 0 aromatic heterocycles. The molecule has 1 N–H and O–H groups in total. The Morgan fingerprint density at radius 2 is 1.86 bits per heavy atom. The molecule has 1 aliphatic heterocycles. The van der Waals surface area contributed by atoms with Gasteiger partial charge in [-0.05, 0) is 72.9 Å². The number of nitrogens with one attached hydrogen (secondary N) is 1. The Morgan fingerprint density at radius 3 is 2.55 bits per heavy atom. The number of amides is 1. The van der Waals surface area contributed by atoms with Crippen LogP contribution in [0.1, 0.15) is 41.9 Å². The number of rotatable bonds is 6. The number of piperidine rings is 1. The van der Waals surface area contributed by atoms with Gasteiger partial charge in [0.15, 0.2) is 0 Å². The molecule has 2 atom stereocenters. The van der Waals surface area contributed by atoms with Crippen LogP contribution in [0.2, 0.25) is 0 Å². The summed E-state index contributed by atoms with van der Waals surface area (Å²) in [5.41, 5.74) is 2.74. The maximum atomic E-state index is 13.7. The summed E-state index contributed by atoms with van der Waals surface area (Å²) in [5, 5.41) is 3.12. The van der Waals surface area contributed by atoms with Gasteiger partial charge in [0.1, 0.15) is 11.6 Å². The molecule has 2 aromatic carbocycles. The molecule has 4 rings (SSSR count). The molecule has 5 heteroatoms. The molecule has 154 valence electrons. The first-order valence-corrected chi connectivity index (χ1v) is 10.5. The van der Waals surface area contributed by atoms with E-state index in [2.05, 4.69) is 10.2 Å². The third-order valence-corrected chi connectivity index (χ3v) is 6.13. The first-order chi connectivity index (χ1) is 14.0. The van der Waals surface area contributed by atoms with Crippen molar-refractivity contribution in [3.05, 3.63) is 70.8 Å². The van der Waals surface area contributed by atoms with Gasteiger partial charge in [-0.1, -0.05) is 24.3 Å². The second kappa shape index (κ2) is 8.62. The zero-order valence-electron chi connectivity index (χ0n) is 16.8. The van der Waals surface area contributed by atoms with Crippen LogP contribution in [-0.4, -0.2) is 30.4 Å². The fraction of sp³-hybridized carbons (Fsp3) is 0.458. The summed E-state index contributed by atoms with van der Waals surface area (Å²) in [6, 6.07) is 11.8. The highest BCUT2D eigenvalue weighted by Crippen LogP contribution is 2.33. The van der Waals surface area contributed by atoms with Crippen molar-refractivity contribution in [1.29, 1.82) is 0 Å². The fourth-order valence-corrected chi connectivity index (χ4v) is 4.23. The van der Waals surface area contributed by atoms with Gasteiger partial charge >= 0.3 is 0 Å². The molecule has 0 bridgehead atoms. The zero-order valence-corrected chi connectivity index (χ0v) is 16.8. The number of halogens is 2. The van der Waals surface area contributed by atoms with Gasteiger partial charge < -0.3 is 5.32 Å². The molecule has 0 spiro atoms. The zero-order chi connectivity index (χ0) is 20.4. The quantitative estimate of drug-likeness (QED) is 0.782. The van der Waals surface area contributed by atoms with Gasteiger partial charge in [-0.2, -0.15) is 0 Å². The lowest BCUT2D eigenvalue weighted by atomic mass is 9.83. The first-order valence-electron chi connectivity index (χ1n) is 10.5. The predicted molar refractivity (Wildman–Crippen MR) is 109 cm³/mol.